The van der Waals surface area contributed by atoms with Crippen LogP contribution in [-0.2, 0) is 6.54 Å². The van der Waals surface area contributed by atoms with Crippen molar-refractivity contribution in [3.8, 4) is 5.95 Å². The SMILES string of the molecule is COc1ccc(C(=O)N2CCC[C@H](c3nccn3Cc3ccccn3)C2)o1. The number of piperidine rings is 1. The molecule has 1 aliphatic rings. The van der Waals surface area contributed by atoms with E-state index in [9.17, 15) is 4.79 Å². The van der Waals surface area contributed by atoms with E-state index in [0.717, 1.165) is 30.9 Å². The van der Waals surface area contributed by atoms with Gasteiger partial charge in [0.2, 0.25) is 0 Å². The number of aromatic nitrogens is 3. The zero-order valence-corrected chi connectivity index (χ0v) is 15.2. The van der Waals surface area contributed by atoms with Gasteiger partial charge in [0, 0.05) is 43.7 Å². The number of likely N-dealkylation sites (tertiary alicyclic amines) is 1. The zero-order chi connectivity index (χ0) is 18.6. The van der Waals surface area contributed by atoms with Crippen molar-refractivity contribution < 1.29 is 13.9 Å². The van der Waals surface area contributed by atoms with Gasteiger partial charge >= 0.3 is 0 Å². The Morgan fingerprint density at radius 3 is 2.96 bits per heavy atom. The molecule has 7 heteroatoms. The molecule has 4 rings (SSSR count). The van der Waals surface area contributed by atoms with E-state index in [1.165, 1.54) is 7.11 Å². The maximum absolute atomic E-state index is 12.8. The molecular formula is C20H22N4O3. The zero-order valence-electron chi connectivity index (χ0n) is 15.2. The Hall–Kier alpha value is -3.09. The summed E-state index contributed by atoms with van der Waals surface area (Å²) in [6.45, 7) is 2.02. The summed E-state index contributed by atoms with van der Waals surface area (Å²) in [6, 6.07) is 9.22. The van der Waals surface area contributed by atoms with Crippen LogP contribution in [0.15, 0.2) is 53.3 Å². The Balaban J connectivity index is 1.49. The lowest BCUT2D eigenvalue weighted by Gasteiger charge is -2.32. The number of pyridine rings is 1. The Morgan fingerprint density at radius 2 is 2.19 bits per heavy atom. The molecule has 1 fully saturated rings. The van der Waals surface area contributed by atoms with Crippen LogP contribution in [0.4, 0.5) is 0 Å². The van der Waals surface area contributed by atoms with Gasteiger partial charge < -0.3 is 18.6 Å². The van der Waals surface area contributed by atoms with Crippen molar-refractivity contribution in [2.45, 2.75) is 25.3 Å². The molecule has 3 aromatic rings. The quantitative estimate of drug-likeness (QED) is 0.694. The highest BCUT2D eigenvalue weighted by Crippen LogP contribution is 2.28. The van der Waals surface area contributed by atoms with Crippen molar-refractivity contribution in [3.63, 3.8) is 0 Å². The molecule has 0 saturated carbocycles. The third-order valence-corrected chi connectivity index (χ3v) is 4.87. The van der Waals surface area contributed by atoms with Crippen molar-refractivity contribution in [2.24, 2.45) is 0 Å². The van der Waals surface area contributed by atoms with Crippen LogP contribution in [0.3, 0.4) is 0 Å². The van der Waals surface area contributed by atoms with E-state index in [1.807, 2.05) is 35.5 Å². The first-order valence-corrected chi connectivity index (χ1v) is 9.08. The standard InChI is InChI=1S/C20H22N4O3/c1-26-18-8-7-17(27-18)20(25)24-11-4-5-15(13-24)19-22-10-12-23(19)14-16-6-2-3-9-21-16/h2-3,6-10,12,15H,4-5,11,13-14H2,1H3/t15-/m0/s1. The van der Waals surface area contributed by atoms with Gasteiger partial charge in [-0.3, -0.25) is 9.78 Å². The van der Waals surface area contributed by atoms with E-state index in [4.69, 9.17) is 9.15 Å². The highest BCUT2D eigenvalue weighted by Gasteiger charge is 2.29. The van der Waals surface area contributed by atoms with Gasteiger partial charge in [0.1, 0.15) is 5.82 Å². The minimum absolute atomic E-state index is 0.106. The number of rotatable bonds is 5. The lowest BCUT2D eigenvalue weighted by molar-refractivity contribution is 0.0665. The summed E-state index contributed by atoms with van der Waals surface area (Å²) in [4.78, 5) is 23.6. The molecule has 4 heterocycles. The van der Waals surface area contributed by atoms with Crippen LogP contribution in [0.1, 0.15) is 40.8 Å². The van der Waals surface area contributed by atoms with E-state index in [-0.39, 0.29) is 11.8 Å². The van der Waals surface area contributed by atoms with E-state index >= 15 is 0 Å². The monoisotopic (exact) mass is 366 g/mol. The molecule has 1 atom stereocenters. The molecule has 140 valence electrons. The number of carbonyl (C=O) groups excluding carboxylic acids is 1. The van der Waals surface area contributed by atoms with Crippen molar-refractivity contribution >= 4 is 5.91 Å². The number of methoxy groups -OCH3 is 1. The van der Waals surface area contributed by atoms with Gasteiger partial charge in [0.25, 0.3) is 11.9 Å². The molecule has 0 radical (unpaired) electrons. The fourth-order valence-electron chi connectivity index (χ4n) is 3.55. The number of imidazole rings is 1. The molecule has 0 N–H and O–H groups in total. The summed E-state index contributed by atoms with van der Waals surface area (Å²) < 4.78 is 12.6. The molecular weight excluding hydrogens is 344 g/mol. The van der Waals surface area contributed by atoms with Crippen LogP contribution in [0.5, 0.6) is 5.95 Å². The van der Waals surface area contributed by atoms with Gasteiger partial charge in [-0.1, -0.05) is 6.07 Å². The number of hydrogen-bond acceptors (Lipinski definition) is 5. The van der Waals surface area contributed by atoms with E-state index < -0.39 is 0 Å². The number of ether oxygens (including phenoxy) is 1. The Morgan fingerprint density at radius 1 is 1.26 bits per heavy atom. The highest BCUT2D eigenvalue weighted by atomic mass is 16.6. The number of furan rings is 1. The van der Waals surface area contributed by atoms with E-state index in [0.29, 0.717) is 24.8 Å². The summed E-state index contributed by atoms with van der Waals surface area (Å²) in [5, 5.41) is 0. The Bertz CT molecular complexity index is 903. The fraction of sp³-hybridized carbons (Fsp3) is 0.350. The number of amides is 1. The maximum Gasteiger partial charge on any atom is 0.289 e. The minimum Gasteiger partial charge on any atom is -0.468 e. The molecule has 1 aliphatic heterocycles. The summed E-state index contributed by atoms with van der Waals surface area (Å²) in [7, 11) is 1.52. The molecule has 0 spiro atoms. The van der Waals surface area contributed by atoms with Crippen LogP contribution in [0.2, 0.25) is 0 Å². The third kappa shape index (κ3) is 3.72. The van der Waals surface area contributed by atoms with Gasteiger partial charge in [-0.2, -0.15) is 0 Å². The van der Waals surface area contributed by atoms with Crippen LogP contribution >= 0.6 is 0 Å². The lowest BCUT2D eigenvalue weighted by Crippen LogP contribution is -2.39. The van der Waals surface area contributed by atoms with Gasteiger partial charge in [0.15, 0.2) is 5.76 Å². The molecule has 0 bridgehead atoms. The van der Waals surface area contributed by atoms with Crippen molar-refractivity contribution in [1.29, 1.82) is 0 Å². The maximum atomic E-state index is 12.8. The molecule has 1 amide bonds. The lowest BCUT2D eigenvalue weighted by atomic mass is 9.97. The van der Waals surface area contributed by atoms with E-state index in [1.54, 1.807) is 18.3 Å². The molecule has 1 saturated heterocycles. The summed E-state index contributed by atoms with van der Waals surface area (Å²) in [5.74, 6) is 1.74. The van der Waals surface area contributed by atoms with Crippen LogP contribution in [0, 0.1) is 0 Å². The average molecular weight is 366 g/mol. The van der Waals surface area contributed by atoms with Crippen LogP contribution in [0.25, 0.3) is 0 Å². The van der Waals surface area contributed by atoms with Gasteiger partial charge in [0.05, 0.1) is 19.3 Å². The smallest absolute Gasteiger partial charge is 0.289 e. The Kier molecular flexibility index (Phi) is 4.91. The second kappa shape index (κ2) is 7.65. The van der Waals surface area contributed by atoms with Crippen LogP contribution < -0.4 is 4.74 Å². The Labute approximate surface area is 157 Å². The normalized spacial score (nSPS) is 17.1. The largest absolute Gasteiger partial charge is 0.468 e. The topological polar surface area (TPSA) is 73.4 Å². The fourth-order valence-corrected chi connectivity index (χ4v) is 3.55. The minimum atomic E-state index is -0.106. The predicted molar refractivity (Wildman–Crippen MR) is 98.7 cm³/mol. The third-order valence-electron chi connectivity index (χ3n) is 4.87. The first-order valence-electron chi connectivity index (χ1n) is 9.08. The van der Waals surface area contributed by atoms with E-state index in [2.05, 4.69) is 14.5 Å². The van der Waals surface area contributed by atoms with Gasteiger partial charge in [-0.05, 0) is 31.0 Å². The molecule has 27 heavy (non-hydrogen) atoms. The van der Waals surface area contributed by atoms with Gasteiger partial charge in [-0.25, -0.2) is 4.98 Å². The van der Waals surface area contributed by atoms with Crippen LogP contribution in [-0.4, -0.2) is 45.5 Å². The molecule has 7 nitrogen and oxygen atoms in total. The van der Waals surface area contributed by atoms with Crippen molar-refractivity contribution in [3.05, 3.63) is 66.2 Å². The summed E-state index contributed by atoms with van der Waals surface area (Å²) in [6.07, 6.45) is 7.53. The number of hydrogen-bond donors (Lipinski definition) is 0. The second-order valence-corrected chi connectivity index (χ2v) is 6.65. The summed E-state index contributed by atoms with van der Waals surface area (Å²) >= 11 is 0. The predicted octanol–water partition coefficient (Wildman–Crippen LogP) is 2.95. The first-order chi connectivity index (χ1) is 13.2. The molecule has 0 aliphatic carbocycles. The molecule has 3 aromatic heterocycles. The number of nitrogens with zero attached hydrogens (tertiary/aromatic N) is 4. The second-order valence-electron chi connectivity index (χ2n) is 6.65. The molecule has 0 unspecified atom stereocenters. The highest BCUT2D eigenvalue weighted by molar-refractivity contribution is 5.91. The summed E-state index contributed by atoms with van der Waals surface area (Å²) in [5.41, 5.74) is 0.989. The average Bonchev–Trinajstić information content (AvgIpc) is 3.38. The molecule has 0 aromatic carbocycles. The number of carbonyl (C=O) groups is 1. The first kappa shape index (κ1) is 17.3. The van der Waals surface area contributed by atoms with Gasteiger partial charge in [-0.15, -0.1) is 0 Å². The van der Waals surface area contributed by atoms with Crippen molar-refractivity contribution in [2.75, 3.05) is 20.2 Å². The van der Waals surface area contributed by atoms with Crippen molar-refractivity contribution in [1.82, 2.24) is 19.4 Å².